The molecule has 0 fully saturated rings. The quantitative estimate of drug-likeness (QED) is 0.880. The minimum Gasteiger partial charge on any atom is -0.478 e. The van der Waals surface area contributed by atoms with E-state index in [1.165, 1.54) is 0 Å². The number of hydrogen-bond acceptors (Lipinski definition) is 2. The lowest BCUT2D eigenvalue weighted by Gasteiger charge is -2.12. The van der Waals surface area contributed by atoms with Crippen LogP contribution in [0.25, 0.3) is 11.1 Å². The predicted octanol–water partition coefficient (Wildman–Crippen LogP) is 3.66. The molecular weight excluding hydrogens is 299 g/mol. The van der Waals surface area contributed by atoms with Gasteiger partial charge in [-0.15, -0.1) is 0 Å². The first kappa shape index (κ1) is 14.9. The molecule has 1 heterocycles. The molecule has 1 aromatic heterocycles. The number of carboxylic acids is 1. The number of carboxylic acid groups (broad SMARTS) is 1. The standard InChI is InChI=1S/C12H7F5N2O2/c13-11(14)19-5-7(4-18-19)8-2-1-6(10(20)21)3-9(8)12(15,16)17/h1-5,11H,(H,20,21). The van der Waals surface area contributed by atoms with Crippen molar-refractivity contribution in [3.05, 3.63) is 41.7 Å². The summed E-state index contributed by atoms with van der Waals surface area (Å²) in [6.07, 6.45) is -3.21. The average molecular weight is 306 g/mol. The van der Waals surface area contributed by atoms with Crippen molar-refractivity contribution in [2.75, 3.05) is 0 Å². The van der Waals surface area contributed by atoms with E-state index in [0.717, 1.165) is 24.5 Å². The summed E-state index contributed by atoms with van der Waals surface area (Å²) in [7, 11) is 0. The summed E-state index contributed by atoms with van der Waals surface area (Å²) < 4.78 is 63.9. The minimum atomic E-state index is -4.83. The van der Waals surface area contributed by atoms with E-state index < -0.39 is 35.4 Å². The van der Waals surface area contributed by atoms with Crippen LogP contribution < -0.4 is 0 Å². The van der Waals surface area contributed by atoms with Crippen LogP contribution in [0.1, 0.15) is 22.5 Å². The Balaban J connectivity index is 2.59. The summed E-state index contributed by atoms with van der Waals surface area (Å²) in [5.74, 6) is -1.52. The highest BCUT2D eigenvalue weighted by Crippen LogP contribution is 2.37. The number of aromatic carboxylic acids is 1. The van der Waals surface area contributed by atoms with Gasteiger partial charge in [0, 0.05) is 11.8 Å². The number of carbonyl (C=O) groups is 1. The molecule has 0 saturated heterocycles. The van der Waals surface area contributed by atoms with Gasteiger partial charge in [-0.1, -0.05) is 6.07 Å². The van der Waals surface area contributed by atoms with Crippen molar-refractivity contribution in [2.45, 2.75) is 12.7 Å². The lowest BCUT2D eigenvalue weighted by atomic mass is 9.99. The topological polar surface area (TPSA) is 55.1 Å². The average Bonchev–Trinajstić information content (AvgIpc) is 2.86. The van der Waals surface area contributed by atoms with Gasteiger partial charge >= 0.3 is 18.7 Å². The summed E-state index contributed by atoms with van der Waals surface area (Å²) in [4.78, 5) is 10.7. The maximum atomic E-state index is 13.0. The second-order valence-corrected chi connectivity index (χ2v) is 4.05. The normalized spacial score (nSPS) is 11.9. The minimum absolute atomic E-state index is 0.181. The highest BCUT2D eigenvalue weighted by molar-refractivity contribution is 5.89. The van der Waals surface area contributed by atoms with Crippen molar-refractivity contribution in [2.24, 2.45) is 0 Å². The van der Waals surface area contributed by atoms with Gasteiger partial charge in [-0.05, 0) is 17.7 Å². The summed E-state index contributed by atoms with van der Waals surface area (Å²) in [6, 6.07) is 2.34. The third-order valence-corrected chi connectivity index (χ3v) is 2.68. The molecule has 2 rings (SSSR count). The number of alkyl halides is 5. The highest BCUT2D eigenvalue weighted by atomic mass is 19.4. The molecule has 0 unspecified atom stereocenters. The highest BCUT2D eigenvalue weighted by Gasteiger charge is 2.34. The Hall–Kier alpha value is -2.45. The fourth-order valence-electron chi connectivity index (χ4n) is 1.75. The third-order valence-electron chi connectivity index (χ3n) is 2.68. The number of aromatic nitrogens is 2. The number of benzene rings is 1. The SMILES string of the molecule is O=C(O)c1ccc(-c2cnn(C(F)F)c2)c(C(F)(F)F)c1. The van der Waals surface area contributed by atoms with Gasteiger partial charge in [-0.25, -0.2) is 9.48 Å². The Bertz CT molecular complexity index is 679. The molecule has 9 heteroatoms. The summed E-state index contributed by atoms with van der Waals surface area (Å²) in [5, 5.41) is 12.0. The second kappa shape index (κ2) is 5.15. The number of rotatable bonds is 3. The van der Waals surface area contributed by atoms with Crippen LogP contribution in [-0.4, -0.2) is 20.9 Å². The zero-order valence-corrected chi connectivity index (χ0v) is 10.1. The second-order valence-electron chi connectivity index (χ2n) is 4.05. The van der Waals surface area contributed by atoms with Gasteiger partial charge in [0.15, 0.2) is 0 Å². The molecule has 21 heavy (non-hydrogen) atoms. The van der Waals surface area contributed by atoms with Crippen LogP contribution in [0.5, 0.6) is 0 Å². The fraction of sp³-hybridized carbons (Fsp3) is 0.167. The molecule has 0 aliphatic rings. The summed E-state index contributed by atoms with van der Waals surface area (Å²) >= 11 is 0. The predicted molar refractivity (Wildman–Crippen MR) is 60.9 cm³/mol. The Kier molecular flexibility index (Phi) is 3.67. The van der Waals surface area contributed by atoms with Crippen molar-refractivity contribution in [3.8, 4) is 11.1 Å². The van der Waals surface area contributed by atoms with Crippen molar-refractivity contribution in [1.82, 2.24) is 9.78 Å². The number of nitrogens with zero attached hydrogens (tertiary/aromatic N) is 2. The van der Waals surface area contributed by atoms with Crippen LogP contribution in [0.15, 0.2) is 30.6 Å². The first-order valence-electron chi connectivity index (χ1n) is 5.47. The van der Waals surface area contributed by atoms with Gasteiger partial charge in [0.05, 0.1) is 17.3 Å². The van der Waals surface area contributed by atoms with Gasteiger partial charge in [0.2, 0.25) is 0 Å². The Morgan fingerprint density at radius 2 is 1.95 bits per heavy atom. The lowest BCUT2D eigenvalue weighted by Crippen LogP contribution is -2.09. The summed E-state index contributed by atoms with van der Waals surface area (Å²) in [6.45, 7) is -2.98. The van der Waals surface area contributed by atoms with Gasteiger partial charge < -0.3 is 5.11 Å². The zero-order chi connectivity index (χ0) is 15.8. The van der Waals surface area contributed by atoms with Crippen LogP contribution in [0.4, 0.5) is 22.0 Å². The largest absolute Gasteiger partial charge is 0.478 e. The molecule has 1 aromatic carbocycles. The molecule has 0 aliphatic heterocycles. The van der Waals surface area contributed by atoms with Crippen LogP contribution in [0.2, 0.25) is 0 Å². The Morgan fingerprint density at radius 3 is 2.43 bits per heavy atom. The molecule has 0 bridgehead atoms. The maximum Gasteiger partial charge on any atom is 0.417 e. The fourth-order valence-corrected chi connectivity index (χ4v) is 1.75. The smallest absolute Gasteiger partial charge is 0.417 e. The molecule has 0 saturated carbocycles. The van der Waals surface area contributed by atoms with E-state index in [-0.39, 0.29) is 10.2 Å². The van der Waals surface area contributed by atoms with Crippen molar-refractivity contribution in [1.29, 1.82) is 0 Å². The first-order chi connectivity index (χ1) is 9.70. The third kappa shape index (κ3) is 3.01. The lowest BCUT2D eigenvalue weighted by molar-refractivity contribution is -0.137. The van der Waals surface area contributed by atoms with Crippen molar-refractivity contribution in [3.63, 3.8) is 0 Å². The van der Waals surface area contributed by atoms with Crippen LogP contribution in [0, 0.1) is 0 Å². The number of hydrogen-bond donors (Lipinski definition) is 1. The van der Waals surface area contributed by atoms with E-state index in [4.69, 9.17) is 5.11 Å². The van der Waals surface area contributed by atoms with E-state index in [9.17, 15) is 26.7 Å². The molecule has 1 N–H and O–H groups in total. The number of halogens is 5. The molecule has 0 atom stereocenters. The van der Waals surface area contributed by atoms with Gasteiger partial charge in [-0.3, -0.25) is 0 Å². The van der Waals surface area contributed by atoms with E-state index in [1.54, 1.807) is 0 Å². The van der Waals surface area contributed by atoms with Gasteiger partial charge in [0.25, 0.3) is 0 Å². The molecule has 0 radical (unpaired) electrons. The Morgan fingerprint density at radius 1 is 1.29 bits per heavy atom. The Labute approximate surface area is 114 Å². The molecule has 112 valence electrons. The van der Waals surface area contributed by atoms with Crippen molar-refractivity contribution < 1.29 is 31.9 Å². The maximum absolute atomic E-state index is 13.0. The molecular formula is C12H7F5N2O2. The van der Waals surface area contributed by atoms with Crippen LogP contribution in [0.3, 0.4) is 0 Å². The van der Waals surface area contributed by atoms with E-state index in [1.807, 2.05) is 0 Å². The monoisotopic (exact) mass is 306 g/mol. The van der Waals surface area contributed by atoms with Crippen LogP contribution >= 0.6 is 0 Å². The first-order valence-corrected chi connectivity index (χ1v) is 5.47. The molecule has 0 spiro atoms. The summed E-state index contributed by atoms with van der Waals surface area (Å²) in [5.41, 5.74) is -2.37. The molecule has 0 aliphatic carbocycles. The van der Waals surface area contributed by atoms with E-state index in [0.29, 0.717) is 6.07 Å². The van der Waals surface area contributed by atoms with Crippen LogP contribution in [-0.2, 0) is 6.18 Å². The molecule has 0 amide bonds. The van der Waals surface area contributed by atoms with Crippen molar-refractivity contribution >= 4 is 5.97 Å². The van der Waals surface area contributed by atoms with E-state index in [2.05, 4.69) is 5.10 Å². The van der Waals surface area contributed by atoms with Gasteiger partial charge in [-0.2, -0.15) is 27.1 Å². The van der Waals surface area contributed by atoms with E-state index >= 15 is 0 Å². The molecule has 4 nitrogen and oxygen atoms in total. The van der Waals surface area contributed by atoms with Gasteiger partial charge in [0.1, 0.15) is 0 Å². The zero-order valence-electron chi connectivity index (χ0n) is 10.1. The molecule has 2 aromatic rings.